The molecule has 3 aliphatic carbocycles. The van der Waals surface area contributed by atoms with Crippen LogP contribution in [0.5, 0.6) is 0 Å². The van der Waals surface area contributed by atoms with Gasteiger partial charge in [0.1, 0.15) is 0 Å². The first kappa shape index (κ1) is 59.7. The molecule has 0 saturated carbocycles. The Bertz CT molecular complexity index is 4920. The molecule has 16 rings (SSSR count). The standard InChI is InChI=1S/C94H76N2/c1-61-27-35-67(36-28-61)75-45-51-87(83(55-75)71-19-11-7-12-20-71)95(88-52-46-76(68-37-29-62(2)30-38-68)56-84(88)72-21-13-8-14-22-72)91-59-79-43-50-82-66(6)92(60-80-44-49-81(65(91)5)93(79)94(80)82)96(89-53-47-77(69-39-31-63(3)32-40-69)57-85(89)73-23-15-9-16-24-73)90-54-48-78(70-41-33-64(4)34-42-70)58-86(90)74-25-17-10-18-26-74/h7-43,45-48,51-60,93H,44,49-50H2,1-6H3. The summed E-state index contributed by atoms with van der Waals surface area (Å²) in [6, 6.07) is 111. The molecule has 13 aromatic carbocycles. The molecule has 2 nitrogen and oxygen atoms in total. The highest BCUT2D eigenvalue weighted by Crippen LogP contribution is 2.57. The summed E-state index contributed by atoms with van der Waals surface area (Å²) in [7, 11) is 0. The summed E-state index contributed by atoms with van der Waals surface area (Å²) in [6.45, 7) is 13.5. The zero-order chi connectivity index (χ0) is 65.0. The molecule has 96 heavy (non-hydrogen) atoms. The molecule has 0 aliphatic heterocycles. The van der Waals surface area contributed by atoms with Gasteiger partial charge in [-0.15, -0.1) is 0 Å². The molecule has 462 valence electrons. The maximum Gasteiger partial charge on any atom is 0.0540 e. The van der Waals surface area contributed by atoms with Crippen molar-refractivity contribution in [3.8, 4) is 89.0 Å². The van der Waals surface area contributed by atoms with Crippen molar-refractivity contribution in [2.45, 2.75) is 66.7 Å². The second-order valence-electron chi connectivity index (χ2n) is 26.6. The van der Waals surface area contributed by atoms with Gasteiger partial charge in [-0.2, -0.15) is 0 Å². The van der Waals surface area contributed by atoms with Crippen molar-refractivity contribution in [2.24, 2.45) is 0 Å². The van der Waals surface area contributed by atoms with Crippen LogP contribution in [0.2, 0.25) is 0 Å². The van der Waals surface area contributed by atoms with E-state index in [1.54, 1.807) is 0 Å². The predicted octanol–water partition coefficient (Wildman–Crippen LogP) is 25.6. The second-order valence-corrected chi connectivity index (χ2v) is 26.6. The van der Waals surface area contributed by atoms with Crippen molar-refractivity contribution in [1.82, 2.24) is 0 Å². The third-order valence-corrected chi connectivity index (χ3v) is 20.5. The number of benzene rings is 13. The summed E-state index contributed by atoms with van der Waals surface area (Å²) in [4.78, 5) is 5.26. The van der Waals surface area contributed by atoms with Gasteiger partial charge in [-0.25, -0.2) is 0 Å². The van der Waals surface area contributed by atoms with Crippen LogP contribution in [-0.4, -0.2) is 0 Å². The maximum absolute atomic E-state index is 2.63. The monoisotopic (exact) mass is 1230 g/mol. The fraction of sp³-hybridized carbons (Fsp3) is 0.106. The zero-order valence-electron chi connectivity index (χ0n) is 55.5. The minimum Gasteiger partial charge on any atom is -0.309 e. The highest BCUT2D eigenvalue weighted by molar-refractivity contribution is 5.99. The molecule has 0 fully saturated rings. The topological polar surface area (TPSA) is 6.48 Å². The van der Waals surface area contributed by atoms with E-state index in [0.717, 1.165) is 42.0 Å². The summed E-state index contributed by atoms with van der Waals surface area (Å²) < 4.78 is 0. The van der Waals surface area contributed by atoms with Gasteiger partial charge in [0.15, 0.2) is 0 Å². The molecule has 3 aliphatic rings. The Balaban J connectivity index is 0.898. The van der Waals surface area contributed by atoms with Crippen LogP contribution in [-0.2, 0) is 12.8 Å². The van der Waals surface area contributed by atoms with Crippen LogP contribution in [0.3, 0.4) is 0 Å². The number of hydrogen-bond donors (Lipinski definition) is 0. The van der Waals surface area contributed by atoms with Crippen molar-refractivity contribution in [3.63, 3.8) is 0 Å². The van der Waals surface area contributed by atoms with E-state index < -0.39 is 0 Å². The van der Waals surface area contributed by atoms with E-state index in [2.05, 4.69) is 361 Å². The molecule has 0 aromatic heterocycles. The van der Waals surface area contributed by atoms with Crippen molar-refractivity contribution >= 4 is 28.4 Å². The molecule has 0 saturated heterocycles. The first-order valence-corrected chi connectivity index (χ1v) is 34.0. The van der Waals surface area contributed by atoms with Crippen molar-refractivity contribution in [3.05, 3.63) is 376 Å². The lowest BCUT2D eigenvalue weighted by atomic mass is 9.65. The molecule has 0 amide bonds. The van der Waals surface area contributed by atoms with Crippen LogP contribution in [0.1, 0.15) is 63.8 Å². The molecular weight excluding hydrogens is 1160 g/mol. The number of allylic oxidation sites excluding steroid dienone is 5. The molecule has 0 spiro atoms. The van der Waals surface area contributed by atoms with E-state index in [0.29, 0.717) is 0 Å². The lowest BCUT2D eigenvalue weighted by Crippen LogP contribution is -2.29. The Morgan fingerprint density at radius 1 is 0.292 bits per heavy atom. The van der Waals surface area contributed by atoms with Crippen LogP contribution < -0.4 is 9.80 Å². The van der Waals surface area contributed by atoms with Crippen LogP contribution in [0.15, 0.2) is 332 Å². The van der Waals surface area contributed by atoms with E-state index in [1.165, 1.54) is 162 Å². The van der Waals surface area contributed by atoms with Gasteiger partial charge in [-0.05, 0) is 222 Å². The maximum atomic E-state index is 2.63. The number of anilines is 5. The van der Waals surface area contributed by atoms with Crippen LogP contribution >= 0.6 is 0 Å². The smallest absolute Gasteiger partial charge is 0.0540 e. The molecule has 1 atom stereocenters. The first-order valence-electron chi connectivity index (χ1n) is 34.0. The van der Waals surface area contributed by atoms with Crippen molar-refractivity contribution in [1.29, 1.82) is 0 Å². The van der Waals surface area contributed by atoms with Gasteiger partial charge in [0.05, 0.1) is 22.7 Å². The van der Waals surface area contributed by atoms with Gasteiger partial charge in [0.25, 0.3) is 0 Å². The van der Waals surface area contributed by atoms with E-state index in [4.69, 9.17) is 0 Å². The molecule has 0 radical (unpaired) electrons. The highest BCUT2D eigenvalue weighted by atomic mass is 15.2. The van der Waals surface area contributed by atoms with Crippen LogP contribution in [0, 0.1) is 34.6 Å². The largest absolute Gasteiger partial charge is 0.309 e. The average molecular weight is 1230 g/mol. The number of nitrogens with zero attached hydrogens (tertiary/aromatic N) is 2. The Kier molecular flexibility index (Phi) is 15.7. The number of rotatable bonds is 14. The fourth-order valence-corrected chi connectivity index (χ4v) is 15.3. The van der Waals surface area contributed by atoms with Gasteiger partial charge < -0.3 is 9.80 Å². The molecular formula is C94H76N2. The molecule has 2 heteroatoms. The molecule has 13 aromatic rings. The van der Waals surface area contributed by atoms with Gasteiger partial charge >= 0.3 is 0 Å². The molecule has 0 bridgehead atoms. The Morgan fingerprint density at radius 3 is 0.958 bits per heavy atom. The predicted molar refractivity (Wildman–Crippen MR) is 407 cm³/mol. The normalized spacial score (nSPS) is 13.8. The van der Waals surface area contributed by atoms with Gasteiger partial charge in [0, 0.05) is 39.6 Å². The molecule has 0 N–H and O–H groups in total. The lowest BCUT2D eigenvalue weighted by molar-refractivity contribution is 0.718. The highest BCUT2D eigenvalue weighted by Gasteiger charge is 2.40. The quantitative estimate of drug-likeness (QED) is 0.107. The average Bonchev–Trinajstić information content (AvgIpc) is 1.43. The van der Waals surface area contributed by atoms with Gasteiger partial charge in [-0.3, -0.25) is 0 Å². The van der Waals surface area contributed by atoms with Gasteiger partial charge in [0.2, 0.25) is 0 Å². The van der Waals surface area contributed by atoms with E-state index in [9.17, 15) is 0 Å². The summed E-state index contributed by atoms with van der Waals surface area (Å²) in [6.07, 6.45) is 7.83. The first-order chi connectivity index (χ1) is 47.1. The SMILES string of the molecule is CC1=C2CCc3cc(N(c4ccc(-c5ccc(C)cc5)cc4-c4ccccc4)c4ccc(-c5ccc(C)cc5)cc4-c4ccccc4)c(C)c4c3C2C(=CC4)C=C1N(c1ccc(-c2ccc(C)cc2)cc1-c1ccccc1)c1ccc(-c2ccc(C)cc2)cc1-c1ccccc1. The van der Waals surface area contributed by atoms with Gasteiger partial charge in [-0.1, -0.05) is 277 Å². The summed E-state index contributed by atoms with van der Waals surface area (Å²) in [5.74, 6) is 0.127. The minimum atomic E-state index is 0.127. The fourth-order valence-electron chi connectivity index (χ4n) is 15.3. The Labute approximate surface area is 566 Å². The van der Waals surface area contributed by atoms with Crippen LogP contribution in [0.25, 0.3) is 89.0 Å². The number of hydrogen-bond acceptors (Lipinski definition) is 2. The number of aryl methyl sites for hydroxylation is 5. The Morgan fingerprint density at radius 2 is 0.615 bits per heavy atom. The lowest BCUT2D eigenvalue weighted by Gasteiger charge is -2.43. The Hall–Kier alpha value is -11.3. The summed E-state index contributed by atoms with van der Waals surface area (Å²) in [5.41, 5.74) is 40.9. The summed E-state index contributed by atoms with van der Waals surface area (Å²) in [5, 5.41) is 0. The second kappa shape index (κ2) is 25.2. The van der Waals surface area contributed by atoms with Crippen molar-refractivity contribution < 1.29 is 0 Å². The third-order valence-electron chi connectivity index (χ3n) is 20.5. The third kappa shape index (κ3) is 11.1. The molecule has 1 unspecified atom stereocenters. The van der Waals surface area contributed by atoms with Crippen LogP contribution in [0.4, 0.5) is 28.4 Å². The zero-order valence-corrected chi connectivity index (χ0v) is 55.5. The van der Waals surface area contributed by atoms with Crippen molar-refractivity contribution in [2.75, 3.05) is 9.80 Å². The van der Waals surface area contributed by atoms with E-state index >= 15 is 0 Å². The molecule has 0 heterocycles. The van der Waals surface area contributed by atoms with E-state index in [1.807, 2.05) is 0 Å². The minimum absolute atomic E-state index is 0.127. The summed E-state index contributed by atoms with van der Waals surface area (Å²) >= 11 is 0. The van der Waals surface area contributed by atoms with E-state index in [-0.39, 0.29) is 5.92 Å².